The Labute approximate surface area is 101 Å². The van der Waals surface area contributed by atoms with Crippen LogP contribution in [0.3, 0.4) is 0 Å². The molecule has 1 aliphatic heterocycles. The molecule has 1 aromatic heterocycles. The molecule has 0 amide bonds. The molecule has 1 aromatic rings. The van der Waals surface area contributed by atoms with Crippen molar-refractivity contribution in [2.75, 3.05) is 44.7 Å². The van der Waals surface area contributed by atoms with E-state index in [1.807, 2.05) is 18.6 Å². The van der Waals surface area contributed by atoms with Gasteiger partial charge in [-0.25, -0.2) is 4.98 Å². The summed E-state index contributed by atoms with van der Waals surface area (Å²) in [7, 11) is 2.02. The van der Waals surface area contributed by atoms with E-state index >= 15 is 0 Å². The largest absolute Gasteiger partial charge is 0.346 e. The highest BCUT2D eigenvalue weighted by Gasteiger charge is 2.21. The molecule has 5 heteroatoms. The molecular weight excluding hydrogens is 220 g/mol. The van der Waals surface area contributed by atoms with Gasteiger partial charge in [-0.05, 0) is 14.0 Å². The minimum absolute atomic E-state index is 0.628. The third-order valence-electron chi connectivity index (χ3n) is 3.13. The molecule has 16 heavy (non-hydrogen) atoms. The average molecular weight is 240 g/mol. The number of hydrogen-bond donors (Lipinski definition) is 1. The summed E-state index contributed by atoms with van der Waals surface area (Å²) in [6.45, 7) is 7.83. The van der Waals surface area contributed by atoms with Gasteiger partial charge in [0, 0.05) is 50.3 Å². The van der Waals surface area contributed by atoms with Gasteiger partial charge in [-0.3, -0.25) is 4.90 Å². The molecule has 1 N–H and O–H groups in total. The molecule has 0 spiro atoms. The topological polar surface area (TPSA) is 31.4 Å². The van der Waals surface area contributed by atoms with Gasteiger partial charge in [0.15, 0.2) is 5.13 Å². The van der Waals surface area contributed by atoms with Crippen LogP contribution in [-0.2, 0) is 0 Å². The Kier molecular flexibility index (Phi) is 4.15. The van der Waals surface area contributed by atoms with Gasteiger partial charge in [-0.1, -0.05) is 0 Å². The van der Waals surface area contributed by atoms with Crippen LogP contribution in [-0.4, -0.2) is 55.7 Å². The molecular formula is C11H20N4S. The summed E-state index contributed by atoms with van der Waals surface area (Å²) in [6, 6.07) is 0.628. The van der Waals surface area contributed by atoms with Crippen molar-refractivity contribution < 1.29 is 0 Å². The van der Waals surface area contributed by atoms with Crippen molar-refractivity contribution in [2.24, 2.45) is 0 Å². The molecule has 2 rings (SSSR count). The molecule has 1 unspecified atom stereocenters. The number of likely N-dealkylation sites (N-methyl/N-ethyl adjacent to an activating group) is 1. The fraction of sp³-hybridized carbons (Fsp3) is 0.727. The van der Waals surface area contributed by atoms with Gasteiger partial charge in [0.1, 0.15) is 0 Å². The lowest BCUT2D eigenvalue weighted by Gasteiger charge is -2.37. The zero-order valence-corrected chi connectivity index (χ0v) is 10.8. The van der Waals surface area contributed by atoms with Crippen LogP contribution in [0.2, 0.25) is 0 Å². The summed E-state index contributed by atoms with van der Waals surface area (Å²) >= 11 is 1.73. The van der Waals surface area contributed by atoms with Crippen molar-refractivity contribution in [3.05, 3.63) is 11.6 Å². The number of rotatable bonds is 4. The van der Waals surface area contributed by atoms with Gasteiger partial charge in [0.25, 0.3) is 0 Å². The number of piperazine rings is 1. The lowest BCUT2D eigenvalue weighted by Crippen LogP contribution is -2.51. The van der Waals surface area contributed by atoms with Crippen LogP contribution in [0.4, 0.5) is 5.13 Å². The molecule has 1 aliphatic rings. The van der Waals surface area contributed by atoms with Crippen LogP contribution >= 0.6 is 11.3 Å². The standard InChI is InChI=1S/C11H20N4S/c1-10(9-12-2)14-4-6-15(7-5-14)11-13-3-8-16-11/h3,8,10,12H,4-7,9H2,1-2H3. The lowest BCUT2D eigenvalue weighted by molar-refractivity contribution is 0.195. The molecule has 0 aromatic carbocycles. The van der Waals surface area contributed by atoms with Crippen LogP contribution in [0, 0.1) is 0 Å². The van der Waals surface area contributed by atoms with Crippen molar-refractivity contribution in [1.29, 1.82) is 0 Å². The molecule has 1 fully saturated rings. The number of hydrogen-bond acceptors (Lipinski definition) is 5. The smallest absolute Gasteiger partial charge is 0.185 e. The normalized spacial score (nSPS) is 20.0. The molecule has 4 nitrogen and oxygen atoms in total. The van der Waals surface area contributed by atoms with E-state index in [2.05, 4.69) is 27.0 Å². The maximum atomic E-state index is 4.36. The Balaban J connectivity index is 1.83. The van der Waals surface area contributed by atoms with E-state index in [9.17, 15) is 0 Å². The summed E-state index contributed by atoms with van der Waals surface area (Å²) in [6.07, 6.45) is 1.88. The van der Waals surface area contributed by atoms with Gasteiger partial charge in [0.2, 0.25) is 0 Å². The quantitative estimate of drug-likeness (QED) is 0.846. The van der Waals surface area contributed by atoms with Crippen molar-refractivity contribution in [3.8, 4) is 0 Å². The molecule has 2 heterocycles. The van der Waals surface area contributed by atoms with Gasteiger partial charge in [-0.15, -0.1) is 11.3 Å². The predicted molar refractivity (Wildman–Crippen MR) is 69.3 cm³/mol. The Hall–Kier alpha value is -0.650. The number of thiazole rings is 1. The molecule has 0 bridgehead atoms. The van der Waals surface area contributed by atoms with Gasteiger partial charge < -0.3 is 10.2 Å². The zero-order valence-electron chi connectivity index (χ0n) is 10.0. The first-order valence-electron chi connectivity index (χ1n) is 5.84. The summed E-state index contributed by atoms with van der Waals surface area (Å²) in [5, 5.41) is 6.45. The summed E-state index contributed by atoms with van der Waals surface area (Å²) in [5.41, 5.74) is 0. The summed E-state index contributed by atoms with van der Waals surface area (Å²) in [4.78, 5) is 9.28. The van der Waals surface area contributed by atoms with Crippen LogP contribution < -0.4 is 10.2 Å². The van der Waals surface area contributed by atoms with E-state index < -0.39 is 0 Å². The van der Waals surface area contributed by atoms with Crippen LogP contribution in [0.1, 0.15) is 6.92 Å². The number of nitrogens with one attached hydrogen (secondary N) is 1. The fourth-order valence-corrected chi connectivity index (χ4v) is 2.85. The molecule has 0 saturated carbocycles. The maximum Gasteiger partial charge on any atom is 0.185 e. The van der Waals surface area contributed by atoms with Crippen LogP contribution in [0.15, 0.2) is 11.6 Å². The second kappa shape index (κ2) is 5.61. The van der Waals surface area contributed by atoms with E-state index in [-0.39, 0.29) is 0 Å². The van der Waals surface area contributed by atoms with Crippen molar-refractivity contribution >= 4 is 16.5 Å². The molecule has 1 saturated heterocycles. The first-order chi connectivity index (χ1) is 7.81. The Bertz CT molecular complexity index is 293. The predicted octanol–water partition coefficient (Wildman–Crippen LogP) is 0.873. The van der Waals surface area contributed by atoms with Crippen LogP contribution in [0.25, 0.3) is 0 Å². The van der Waals surface area contributed by atoms with Crippen LogP contribution in [0.5, 0.6) is 0 Å². The monoisotopic (exact) mass is 240 g/mol. The van der Waals surface area contributed by atoms with E-state index in [4.69, 9.17) is 0 Å². The summed E-state index contributed by atoms with van der Waals surface area (Å²) in [5.74, 6) is 0. The second-order valence-corrected chi connectivity index (χ2v) is 5.12. The number of aromatic nitrogens is 1. The fourth-order valence-electron chi connectivity index (χ4n) is 2.15. The van der Waals surface area contributed by atoms with E-state index in [0.29, 0.717) is 6.04 Å². The average Bonchev–Trinajstić information content (AvgIpc) is 2.83. The number of nitrogens with zero attached hydrogens (tertiary/aromatic N) is 3. The third kappa shape index (κ3) is 2.72. The third-order valence-corrected chi connectivity index (χ3v) is 3.96. The molecule has 0 aliphatic carbocycles. The maximum absolute atomic E-state index is 4.36. The Morgan fingerprint density at radius 1 is 1.44 bits per heavy atom. The van der Waals surface area contributed by atoms with E-state index in [1.165, 1.54) is 5.13 Å². The molecule has 1 atom stereocenters. The SMILES string of the molecule is CNCC(C)N1CCN(c2nccs2)CC1. The van der Waals surface area contributed by atoms with E-state index in [0.717, 1.165) is 32.7 Å². The first-order valence-corrected chi connectivity index (χ1v) is 6.72. The van der Waals surface area contributed by atoms with Gasteiger partial charge in [-0.2, -0.15) is 0 Å². The second-order valence-electron chi connectivity index (χ2n) is 4.24. The summed E-state index contributed by atoms with van der Waals surface area (Å²) < 4.78 is 0. The van der Waals surface area contributed by atoms with Crippen molar-refractivity contribution in [1.82, 2.24) is 15.2 Å². The zero-order chi connectivity index (χ0) is 11.4. The van der Waals surface area contributed by atoms with Crippen molar-refractivity contribution in [2.45, 2.75) is 13.0 Å². The van der Waals surface area contributed by atoms with Gasteiger partial charge >= 0.3 is 0 Å². The highest BCUT2D eigenvalue weighted by atomic mass is 32.1. The minimum Gasteiger partial charge on any atom is -0.346 e. The lowest BCUT2D eigenvalue weighted by atomic mass is 10.2. The first kappa shape index (κ1) is 11.8. The highest BCUT2D eigenvalue weighted by Crippen LogP contribution is 2.19. The molecule has 90 valence electrons. The highest BCUT2D eigenvalue weighted by molar-refractivity contribution is 7.13. The van der Waals surface area contributed by atoms with Gasteiger partial charge in [0.05, 0.1) is 0 Å². The van der Waals surface area contributed by atoms with E-state index in [1.54, 1.807) is 11.3 Å². The number of anilines is 1. The molecule has 0 radical (unpaired) electrons. The Morgan fingerprint density at radius 2 is 2.19 bits per heavy atom. The van der Waals surface area contributed by atoms with Crippen molar-refractivity contribution in [3.63, 3.8) is 0 Å². The minimum atomic E-state index is 0.628. The Morgan fingerprint density at radius 3 is 2.75 bits per heavy atom.